The molecule has 0 bridgehead atoms. The minimum atomic E-state index is 0.959. The first-order valence-electron chi connectivity index (χ1n) is 2.94. The maximum atomic E-state index is 5.01. The molecule has 0 spiro atoms. The molecular formula is C8H9S-. The summed E-state index contributed by atoms with van der Waals surface area (Å²) in [5.74, 6) is 0. The quantitative estimate of drug-likeness (QED) is 0.494. The van der Waals surface area contributed by atoms with E-state index in [2.05, 4.69) is 13.0 Å². The van der Waals surface area contributed by atoms with Crippen LogP contribution in [0.4, 0.5) is 0 Å². The van der Waals surface area contributed by atoms with Crippen molar-refractivity contribution in [3.8, 4) is 0 Å². The first-order valence-corrected chi connectivity index (χ1v) is 3.35. The highest BCUT2D eigenvalue weighted by molar-refractivity contribution is 7.58. The number of benzene rings is 1. The zero-order chi connectivity index (χ0) is 6.85. The third-order valence-electron chi connectivity index (χ3n) is 1.33. The molecule has 0 aliphatic heterocycles. The molecule has 0 saturated carbocycles. The van der Waals surface area contributed by atoms with E-state index in [-0.39, 0.29) is 0 Å². The second-order valence-corrected chi connectivity index (χ2v) is 2.71. The predicted octanol–water partition coefficient (Wildman–Crippen LogP) is 2.21. The van der Waals surface area contributed by atoms with Gasteiger partial charge < -0.3 is 12.6 Å². The molecule has 0 N–H and O–H groups in total. The predicted molar refractivity (Wildman–Crippen MR) is 41.5 cm³/mol. The summed E-state index contributed by atoms with van der Waals surface area (Å²) in [6, 6.07) is 6.11. The van der Waals surface area contributed by atoms with Crippen LogP contribution in [0.2, 0.25) is 0 Å². The fourth-order valence-corrected chi connectivity index (χ4v) is 0.926. The molecule has 1 heteroatoms. The van der Waals surface area contributed by atoms with Gasteiger partial charge in [0, 0.05) is 0 Å². The van der Waals surface area contributed by atoms with Gasteiger partial charge in [0.2, 0.25) is 0 Å². The van der Waals surface area contributed by atoms with Gasteiger partial charge in [-0.2, -0.15) is 4.90 Å². The largest absolute Gasteiger partial charge is 0.779 e. The Balaban J connectivity index is 3.17. The molecule has 0 aliphatic carbocycles. The van der Waals surface area contributed by atoms with Crippen molar-refractivity contribution in [1.82, 2.24) is 0 Å². The minimum Gasteiger partial charge on any atom is -0.779 e. The van der Waals surface area contributed by atoms with Crippen LogP contribution in [0.5, 0.6) is 0 Å². The van der Waals surface area contributed by atoms with Crippen LogP contribution >= 0.6 is 0 Å². The average Bonchev–Trinajstić information content (AvgIpc) is 1.80. The Morgan fingerprint density at radius 2 is 1.89 bits per heavy atom. The van der Waals surface area contributed by atoms with E-state index in [1.807, 2.05) is 19.1 Å². The Morgan fingerprint density at radius 1 is 1.22 bits per heavy atom. The third-order valence-corrected chi connectivity index (χ3v) is 1.79. The van der Waals surface area contributed by atoms with E-state index in [1.54, 1.807) is 0 Å². The van der Waals surface area contributed by atoms with E-state index < -0.39 is 0 Å². The Bertz CT molecular complexity index is 216. The molecule has 0 heterocycles. The van der Waals surface area contributed by atoms with Gasteiger partial charge in [-0.1, -0.05) is 29.3 Å². The highest BCUT2D eigenvalue weighted by Crippen LogP contribution is 2.08. The molecule has 9 heavy (non-hydrogen) atoms. The maximum absolute atomic E-state index is 5.01. The standard InChI is InChI=1S/C8H10S/c1-6-3-4-8(9)7(2)5-6/h3-5,9H,1-2H3/p-1. The Hall–Kier alpha value is -0.560. The summed E-state index contributed by atoms with van der Waals surface area (Å²) in [4.78, 5) is 0.959. The number of rotatable bonds is 0. The van der Waals surface area contributed by atoms with Gasteiger partial charge in [0.05, 0.1) is 0 Å². The fourth-order valence-electron chi connectivity index (χ4n) is 0.799. The number of aryl methyl sites for hydroxylation is 2. The SMILES string of the molecule is Cc1ccc([S-])c(C)c1. The number of hydrogen-bond acceptors (Lipinski definition) is 1. The van der Waals surface area contributed by atoms with Crippen molar-refractivity contribution in [3.63, 3.8) is 0 Å². The molecule has 1 rings (SSSR count). The summed E-state index contributed by atoms with van der Waals surface area (Å²) in [5.41, 5.74) is 2.48. The first-order chi connectivity index (χ1) is 4.20. The monoisotopic (exact) mass is 137 g/mol. The van der Waals surface area contributed by atoms with Gasteiger partial charge in [-0.15, -0.1) is 0 Å². The molecule has 0 aromatic heterocycles. The lowest BCUT2D eigenvalue weighted by Crippen LogP contribution is -1.79. The Labute approximate surface area is 61.3 Å². The summed E-state index contributed by atoms with van der Waals surface area (Å²) in [6.45, 7) is 4.11. The van der Waals surface area contributed by atoms with E-state index in [0.717, 1.165) is 4.90 Å². The second-order valence-electron chi connectivity index (χ2n) is 2.27. The second kappa shape index (κ2) is 2.36. The average molecular weight is 137 g/mol. The van der Waals surface area contributed by atoms with E-state index in [9.17, 15) is 0 Å². The van der Waals surface area contributed by atoms with E-state index in [0.29, 0.717) is 0 Å². The van der Waals surface area contributed by atoms with Crippen LogP contribution in [0.15, 0.2) is 23.1 Å². The van der Waals surface area contributed by atoms with Crippen LogP contribution in [0.1, 0.15) is 11.1 Å². The zero-order valence-electron chi connectivity index (χ0n) is 5.64. The molecule has 48 valence electrons. The minimum absolute atomic E-state index is 0.959. The molecule has 0 atom stereocenters. The summed E-state index contributed by atoms with van der Waals surface area (Å²) in [7, 11) is 0. The molecule has 0 fully saturated rings. The van der Waals surface area contributed by atoms with Crippen molar-refractivity contribution in [1.29, 1.82) is 0 Å². The van der Waals surface area contributed by atoms with Gasteiger partial charge in [-0.25, -0.2) is 0 Å². The summed E-state index contributed by atoms with van der Waals surface area (Å²) in [5, 5.41) is 0. The van der Waals surface area contributed by atoms with E-state index >= 15 is 0 Å². The van der Waals surface area contributed by atoms with Crippen molar-refractivity contribution < 1.29 is 0 Å². The van der Waals surface area contributed by atoms with Gasteiger partial charge in [0.15, 0.2) is 0 Å². The van der Waals surface area contributed by atoms with Gasteiger partial charge in [-0.3, -0.25) is 0 Å². The van der Waals surface area contributed by atoms with Crippen molar-refractivity contribution in [2.75, 3.05) is 0 Å². The molecule has 0 amide bonds. The molecule has 0 unspecified atom stereocenters. The van der Waals surface area contributed by atoms with Crippen LogP contribution < -0.4 is 0 Å². The van der Waals surface area contributed by atoms with Gasteiger partial charge in [-0.05, 0) is 13.8 Å². The molecule has 0 nitrogen and oxygen atoms in total. The molecule has 0 aliphatic rings. The van der Waals surface area contributed by atoms with Gasteiger partial charge in [0.1, 0.15) is 0 Å². The lowest BCUT2D eigenvalue weighted by Gasteiger charge is -2.09. The Morgan fingerprint density at radius 3 is 2.33 bits per heavy atom. The van der Waals surface area contributed by atoms with Crippen LogP contribution in [-0.4, -0.2) is 0 Å². The smallest absolute Gasteiger partial charge is 0.0398 e. The van der Waals surface area contributed by atoms with Crippen molar-refractivity contribution >= 4 is 12.6 Å². The highest BCUT2D eigenvalue weighted by Gasteiger charge is 1.83. The van der Waals surface area contributed by atoms with Crippen molar-refractivity contribution in [3.05, 3.63) is 29.3 Å². The van der Waals surface area contributed by atoms with Gasteiger partial charge >= 0.3 is 0 Å². The summed E-state index contributed by atoms with van der Waals surface area (Å²) < 4.78 is 0. The normalized spacial score (nSPS) is 9.56. The molecular weight excluding hydrogens is 128 g/mol. The molecule has 1 aromatic carbocycles. The van der Waals surface area contributed by atoms with Gasteiger partial charge in [0.25, 0.3) is 0 Å². The fraction of sp³-hybridized carbons (Fsp3) is 0.250. The van der Waals surface area contributed by atoms with Crippen molar-refractivity contribution in [2.24, 2.45) is 0 Å². The van der Waals surface area contributed by atoms with Crippen LogP contribution in [0, 0.1) is 13.8 Å². The third kappa shape index (κ3) is 1.42. The van der Waals surface area contributed by atoms with E-state index in [1.165, 1.54) is 11.1 Å². The highest BCUT2D eigenvalue weighted by atomic mass is 32.1. The first kappa shape index (κ1) is 6.56. The van der Waals surface area contributed by atoms with Crippen molar-refractivity contribution in [2.45, 2.75) is 18.7 Å². The molecule has 1 aromatic rings. The molecule has 0 saturated heterocycles. The lowest BCUT2D eigenvalue weighted by molar-refractivity contribution is 1.27. The van der Waals surface area contributed by atoms with Crippen LogP contribution in [0.3, 0.4) is 0 Å². The lowest BCUT2D eigenvalue weighted by atomic mass is 10.2. The summed E-state index contributed by atoms with van der Waals surface area (Å²) in [6.07, 6.45) is 0. The van der Waals surface area contributed by atoms with E-state index in [4.69, 9.17) is 12.6 Å². The number of hydrogen-bond donors (Lipinski definition) is 0. The van der Waals surface area contributed by atoms with Crippen LogP contribution in [-0.2, 0) is 12.6 Å². The Kier molecular flexibility index (Phi) is 1.72. The topological polar surface area (TPSA) is 0 Å². The zero-order valence-corrected chi connectivity index (χ0v) is 6.46. The van der Waals surface area contributed by atoms with Crippen LogP contribution in [0.25, 0.3) is 0 Å². The molecule has 0 radical (unpaired) electrons. The maximum Gasteiger partial charge on any atom is -0.0398 e. The summed E-state index contributed by atoms with van der Waals surface area (Å²) >= 11 is 5.01.